The van der Waals surface area contributed by atoms with Crippen LogP contribution >= 0.6 is 46.8 Å². The number of rotatable bonds is 2. The van der Waals surface area contributed by atoms with Gasteiger partial charge in [0.2, 0.25) is 5.13 Å². The van der Waals surface area contributed by atoms with Crippen LogP contribution in [0.2, 0.25) is 10.0 Å². The second kappa shape index (κ2) is 4.49. The summed E-state index contributed by atoms with van der Waals surface area (Å²) in [5.74, 6) is 0. The van der Waals surface area contributed by atoms with Crippen molar-refractivity contribution in [3.05, 3.63) is 32.2 Å². The number of nitrogens with zero attached hydrogens (tertiary/aromatic N) is 1. The summed E-state index contributed by atoms with van der Waals surface area (Å²) in [6.45, 7) is 0. The van der Waals surface area contributed by atoms with E-state index in [0.29, 0.717) is 24.8 Å². The number of hydrogen-bond donors (Lipinski definition) is 2. The van der Waals surface area contributed by atoms with Crippen molar-refractivity contribution in [3.8, 4) is 0 Å². The van der Waals surface area contributed by atoms with Gasteiger partial charge < -0.3 is 5.32 Å². The second-order valence-corrected chi connectivity index (χ2v) is 5.12. The monoisotopic (exact) mass is 277 g/mol. The molecular formula is C8H5Cl2N3S2. The second-order valence-electron chi connectivity index (χ2n) is 2.64. The highest BCUT2D eigenvalue weighted by atomic mass is 35.5. The Morgan fingerprint density at radius 3 is 2.53 bits per heavy atom. The molecule has 0 bridgehead atoms. The summed E-state index contributed by atoms with van der Waals surface area (Å²) in [6, 6.07) is 5.28. The minimum atomic E-state index is 0.545. The van der Waals surface area contributed by atoms with Crippen LogP contribution in [0.25, 0.3) is 0 Å². The molecule has 1 heterocycles. The van der Waals surface area contributed by atoms with Gasteiger partial charge in [-0.25, -0.2) is 0 Å². The van der Waals surface area contributed by atoms with Crippen LogP contribution in [0.4, 0.5) is 10.8 Å². The van der Waals surface area contributed by atoms with Crippen LogP contribution in [-0.4, -0.2) is 10.2 Å². The fourth-order valence-electron chi connectivity index (χ4n) is 1.01. The largest absolute Gasteiger partial charge is 0.328 e. The van der Waals surface area contributed by atoms with E-state index in [1.165, 1.54) is 11.3 Å². The molecule has 7 heteroatoms. The van der Waals surface area contributed by atoms with Crippen molar-refractivity contribution in [3.63, 3.8) is 0 Å². The molecule has 78 valence electrons. The summed E-state index contributed by atoms with van der Waals surface area (Å²) in [5, 5.41) is 11.3. The molecule has 0 aliphatic carbocycles. The quantitative estimate of drug-likeness (QED) is 0.807. The van der Waals surface area contributed by atoms with E-state index in [0.717, 1.165) is 0 Å². The van der Waals surface area contributed by atoms with Crippen molar-refractivity contribution < 1.29 is 0 Å². The molecule has 0 radical (unpaired) electrons. The molecule has 0 fully saturated rings. The van der Waals surface area contributed by atoms with Crippen molar-refractivity contribution in [1.29, 1.82) is 0 Å². The first kappa shape index (κ1) is 10.9. The predicted molar refractivity (Wildman–Crippen MR) is 67.0 cm³/mol. The Balaban J connectivity index is 2.35. The van der Waals surface area contributed by atoms with Crippen molar-refractivity contribution in [2.75, 3.05) is 5.32 Å². The van der Waals surface area contributed by atoms with Crippen LogP contribution in [0.5, 0.6) is 0 Å². The van der Waals surface area contributed by atoms with Gasteiger partial charge in [-0.05, 0) is 24.4 Å². The van der Waals surface area contributed by atoms with Gasteiger partial charge in [-0.15, -0.1) is 5.10 Å². The molecule has 1 aromatic carbocycles. The van der Waals surface area contributed by atoms with E-state index in [-0.39, 0.29) is 0 Å². The lowest BCUT2D eigenvalue weighted by molar-refractivity contribution is 1.08. The van der Waals surface area contributed by atoms with Gasteiger partial charge in [0, 0.05) is 0 Å². The standard InChI is InChI=1S/C8H5Cl2N3S2/c9-4-2-1-3-5(10)6(4)11-7-12-13-8(14)15-7/h1-3H,(H,11,12)(H,13,14). The summed E-state index contributed by atoms with van der Waals surface area (Å²) in [7, 11) is 0. The maximum atomic E-state index is 5.98. The lowest BCUT2D eigenvalue weighted by Gasteiger charge is -2.06. The van der Waals surface area contributed by atoms with Crippen molar-refractivity contribution in [2.45, 2.75) is 0 Å². The number of nitrogens with one attached hydrogen (secondary N) is 2. The molecule has 0 saturated carbocycles. The first-order valence-corrected chi connectivity index (χ1v) is 5.91. The van der Waals surface area contributed by atoms with Crippen molar-refractivity contribution >= 4 is 57.6 Å². The Morgan fingerprint density at radius 1 is 1.33 bits per heavy atom. The lowest BCUT2D eigenvalue weighted by atomic mass is 10.3. The minimum absolute atomic E-state index is 0.545. The van der Waals surface area contributed by atoms with E-state index in [9.17, 15) is 0 Å². The number of halogens is 2. The van der Waals surface area contributed by atoms with Crippen molar-refractivity contribution in [1.82, 2.24) is 10.2 Å². The number of H-pyrrole nitrogens is 1. The molecule has 0 atom stereocenters. The summed E-state index contributed by atoms with van der Waals surface area (Å²) in [4.78, 5) is 0. The molecule has 2 aromatic rings. The molecule has 0 saturated heterocycles. The van der Waals surface area contributed by atoms with Gasteiger partial charge in [-0.3, -0.25) is 5.10 Å². The van der Waals surface area contributed by atoms with Gasteiger partial charge in [-0.1, -0.05) is 40.6 Å². The Labute approximate surface area is 105 Å². The molecule has 1 aromatic heterocycles. The van der Waals surface area contributed by atoms with Gasteiger partial charge >= 0.3 is 0 Å². The molecule has 0 unspecified atom stereocenters. The van der Waals surface area contributed by atoms with Gasteiger partial charge in [0.05, 0.1) is 15.7 Å². The molecule has 0 aliphatic rings. The molecule has 0 aliphatic heterocycles. The fraction of sp³-hybridized carbons (Fsp3) is 0. The Bertz CT molecular complexity index is 514. The lowest BCUT2D eigenvalue weighted by Crippen LogP contribution is -1.91. The summed E-state index contributed by atoms with van der Waals surface area (Å²) in [5.41, 5.74) is 0.638. The third-order valence-electron chi connectivity index (χ3n) is 1.63. The van der Waals surface area contributed by atoms with Crippen LogP contribution in [0, 0.1) is 3.95 Å². The van der Waals surface area contributed by atoms with Crippen LogP contribution < -0.4 is 5.32 Å². The summed E-state index contributed by atoms with van der Waals surface area (Å²) < 4.78 is 0.598. The SMILES string of the molecule is S=c1[nH]nc(Nc2c(Cl)cccc2Cl)s1. The number of aromatic nitrogens is 2. The van der Waals surface area contributed by atoms with E-state index in [1.54, 1.807) is 18.2 Å². The van der Waals surface area contributed by atoms with Crippen LogP contribution in [0.15, 0.2) is 18.2 Å². The molecule has 2 rings (SSSR count). The number of benzene rings is 1. The smallest absolute Gasteiger partial charge is 0.208 e. The third-order valence-corrected chi connectivity index (χ3v) is 3.27. The maximum absolute atomic E-state index is 5.98. The molecule has 15 heavy (non-hydrogen) atoms. The zero-order valence-electron chi connectivity index (χ0n) is 7.25. The fourth-order valence-corrected chi connectivity index (χ4v) is 2.29. The van der Waals surface area contributed by atoms with E-state index in [4.69, 9.17) is 35.4 Å². The van der Waals surface area contributed by atoms with Crippen molar-refractivity contribution in [2.24, 2.45) is 0 Å². The average molecular weight is 278 g/mol. The van der Waals surface area contributed by atoms with E-state index >= 15 is 0 Å². The van der Waals surface area contributed by atoms with Crippen LogP contribution in [-0.2, 0) is 0 Å². The Kier molecular flexibility index (Phi) is 3.25. The number of aromatic amines is 1. The normalized spacial score (nSPS) is 10.3. The van der Waals surface area contributed by atoms with Gasteiger partial charge in [0.25, 0.3) is 0 Å². The molecule has 3 nitrogen and oxygen atoms in total. The molecule has 0 amide bonds. The highest BCUT2D eigenvalue weighted by Gasteiger charge is 2.06. The first-order valence-electron chi connectivity index (χ1n) is 3.93. The maximum Gasteiger partial charge on any atom is 0.208 e. The number of hydrogen-bond acceptors (Lipinski definition) is 4. The zero-order valence-corrected chi connectivity index (χ0v) is 10.4. The molecular weight excluding hydrogens is 273 g/mol. The van der Waals surface area contributed by atoms with Crippen LogP contribution in [0.3, 0.4) is 0 Å². The highest BCUT2D eigenvalue weighted by Crippen LogP contribution is 2.32. The highest BCUT2D eigenvalue weighted by molar-refractivity contribution is 7.73. The Hall–Kier alpha value is -0.620. The average Bonchev–Trinajstić information content (AvgIpc) is 2.58. The van der Waals surface area contributed by atoms with Gasteiger partial charge in [-0.2, -0.15) is 0 Å². The molecule has 2 N–H and O–H groups in total. The zero-order chi connectivity index (χ0) is 10.8. The minimum Gasteiger partial charge on any atom is -0.328 e. The van der Waals surface area contributed by atoms with E-state index in [1.807, 2.05) is 0 Å². The topological polar surface area (TPSA) is 40.7 Å². The number of para-hydroxylation sites is 1. The van der Waals surface area contributed by atoms with E-state index < -0.39 is 0 Å². The van der Waals surface area contributed by atoms with Gasteiger partial charge in [0.1, 0.15) is 0 Å². The van der Waals surface area contributed by atoms with Gasteiger partial charge in [0.15, 0.2) is 3.95 Å². The number of anilines is 2. The first-order chi connectivity index (χ1) is 7.16. The summed E-state index contributed by atoms with van der Waals surface area (Å²) in [6.07, 6.45) is 0. The molecule has 0 spiro atoms. The van der Waals surface area contributed by atoms with Crippen LogP contribution in [0.1, 0.15) is 0 Å². The predicted octanol–water partition coefficient (Wildman–Crippen LogP) is 4.25. The third kappa shape index (κ3) is 2.49. The summed E-state index contributed by atoms with van der Waals surface area (Å²) >= 11 is 18.2. The van der Waals surface area contributed by atoms with E-state index in [2.05, 4.69) is 15.5 Å². The Morgan fingerprint density at radius 2 is 2.00 bits per heavy atom.